The molecule has 0 heterocycles. The lowest BCUT2D eigenvalue weighted by Crippen LogP contribution is -2.44. The van der Waals surface area contributed by atoms with E-state index in [9.17, 15) is 0 Å². The zero-order valence-electron chi connectivity index (χ0n) is 12.3. The molecule has 1 aliphatic carbocycles. The van der Waals surface area contributed by atoms with Crippen LogP contribution in [0.4, 0.5) is 0 Å². The predicted octanol–water partition coefficient (Wildman–Crippen LogP) is 3.13. The van der Waals surface area contributed by atoms with Gasteiger partial charge in [0, 0.05) is 12.6 Å². The summed E-state index contributed by atoms with van der Waals surface area (Å²) < 4.78 is 0. The number of hydrogen-bond acceptors (Lipinski definition) is 2. The Morgan fingerprint density at radius 1 is 1.24 bits per heavy atom. The van der Waals surface area contributed by atoms with Crippen molar-refractivity contribution in [2.45, 2.75) is 58.4 Å². The van der Waals surface area contributed by atoms with Crippen LogP contribution in [0.5, 0.6) is 0 Å². The van der Waals surface area contributed by atoms with Gasteiger partial charge in [0.15, 0.2) is 0 Å². The van der Waals surface area contributed by atoms with Crippen molar-refractivity contribution in [3.8, 4) is 0 Å². The molecule has 0 bridgehead atoms. The van der Waals surface area contributed by atoms with Crippen LogP contribution >= 0.6 is 0 Å². The first kappa shape index (κ1) is 15.0. The molecule has 1 saturated carbocycles. The standard InChI is InChI=1S/C15H32N2/c1-5-7-10-17(4)12-14-11-13(6-2)8-9-15(14)16-3/h13-16H,5-12H2,1-4H3. The highest BCUT2D eigenvalue weighted by molar-refractivity contribution is 4.85. The van der Waals surface area contributed by atoms with Crippen molar-refractivity contribution >= 4 is 0 Å². The molecule has 1 N–H and O–H groups in total. The summed E-state index contributed by atoms with van der Waals surface area (Å²) in [6, 6.07) is 0.752. The second-order valence-corrected chi connectivity index (χ2v) is 5.86. The Balaban J connectivity index is 2.40. The van der Waals surface area contributed by atoms with Gasteiger partial charge in [0.05, 0.1) is 0 Å². The van der Waals surface area contributed by atoms with Crippen LogP contribution in [0.2, 0.25) is 0 Å². The maximum atomic E-state index is 3.53. The Kier molecular flexibility index (Phi) is 7.14. The van der Waals surface area contributed by atoms with E-state index in [0.717, 1.165) is 17.9 Å². The molecule has 1 rings (SSSR count). The van der Waals surface area contributed by atoms with E-state index in [2.05, 4.69) is 38.2 Å². The van der Waals surface area contributed by atoms with E-state index in [-0.39, 0.29) is 0 Å². The average molecular weight is 240 g/mol. The van der Waals surface area contributed by atoms with E-state index in [1.807, 2.05) is 0 Å². The number of nitrogens with one attached hydrogen (secondary N) is 1. The van der Waals surface area contributed by atoms with Crippen molar-refractivity contribution in [3.63, 3.8) is 0 Å². The SMILES string of the molecule is CCCCN(C)CC1CC(CC)CCC1NC. The highest BCUT2D eigenvalue weighted by Gasteiger charge is 2.29. The highest BCUT2D eigenvalue weighted by Crippen LogP contribution is 2.31. The van der Waals surface area contributed by atoms with Crippen LogP contribution in [0.1, 0.15) is 52.4 Å². The van der Waals surface area contributed by atoms with E-state index < -0.39 is 0 Å². The Morgan fingerprint density at radius 3 is 2.59 bits per heavy atom. The zero-order valence-corrected chi connectivity index (χ0v) is 12.3. The number of unbranched alkanes of at least 4 members (excludes halogenated alkanes) is 1. The molecule has 17 heavy (non-hydrogen) atoms. The summed E-state index contributed by atoms with van der Waals surface area (Å²) >= 11 is 0. The summed E-state index contributed by atoms with van der Waals surface area (Å²) in [6.45, 7) is 7.17. The van der Waals surface area contributed by atoms with Crippen molar-refractivity contribution in [2.24, 2.45) is 11.8 Å². The van der Waals surface area contributed by atoms with Crippen LogP contribution in [0.25, 0.3) is 0 Å². The van der Waals surface area contributed by atoms with Gasteiger partial charge in [0.1, 0.15) is 0 Å². The maximum absolute atomic E-state index is 3.53. The molecule has 1 aliphatic rings. The molecule has 1 fully saturated rings. The Hall–Kier alpha value is -0.0800. The number of rotatable bonds is 7. The van der Waals surface area contributed by atoms with Crippen molar-refractivity contribution in [2.75, 3.05) is 27.2 Å². The van der Waals surface area contributed by atoms with E-state index >= 15 is 0 Å². The summed E-state index contributed by atoms with van der Waals surface area (Å²) in [5.41, 5.74) is 0. The quantitative estimate of drug-likeness (QED) is 0.735. The third-order valence-electron chi connectivity index (χ3n) is 4.48. The molecule has 2 nitrogen and oxygen atoms in total. The number of nitrogens with zero attached hydrogens (tertiary/aromatic N) is 1. The van der Waals surface area contributed by atoms with Gasteiger partial charge in [-0.25, -0.2) is 0 Å². The topological polar surface area (TPSA) is 15.3 Å². The van der Waals surface area contributed by atoms with E-state index in [4.69, 9.17) is 0 Å². The smallest absolute Gasteiger partial charge is 0.0105 e. The molecule has 102 valence electrons. The first-order valence-electron chi connectivity index (χ1n) is 7.57. The maximum Gasteiger partial charge on any atom is 0.0105 e. The molecule has 3 unspecified atom stereocenters. The summed E-state index contributed by atoms with van der Waals surface area (Å²) in [5, 5.41) is 3.53. The van der Waals surface area contributed by atoms with Crippen LogP contribution < -0.4 is 5.32 Å². The van der Waals surface area contributed by atoms with Gasteiger partial charge in [-0.3, -0.25) is 0 Å². The van der Waals surface area contributed by atoms with E-state index in [0.29, 0.717) is 0 Å². The second-order valence-electron chi connectivity index (χ2n) is 5.86. The van der Waals surface area contributed by atoms with Crippen LogP contribution in [-0.4, -0.2) is 38.1 Å². The molecule has 0 spiro atoms. The summed E-state index contributed by atoms with van der Waals surface area (Å²) in [4.78, 5) is 2.54. The Morgan fingerprint density at radius 2 is 2.00 bits per heavy atom. The van der Waals surface area contributed by atoms with Gasteiger partial charge in [0.25, 0.3) is 0 Å². The van der Waals surface area contributed by atoms with Gasteiger partial charge in [-0.2, -0.15) is 0 Å². The van der Waals surface area contributed by atoms with Crippen molar-refractivity contribution in [1.82, 2.24) is 10.2 Å². The van der Waals surface area contributed by atoms with Gasteiger partial charge in [-0.15, -0.1) is 0 Å². The molecule has 0 radical (unpaired) electrons. The fraction of sp³-hybridized carbons (Fsp3) is 1.00. The molecule has 2 heteroatoms. The molecule has 0 aromatic heterocycles. The van der Waals surface area contributed by atoms with Gasteiger partial charge in [-0.05, 0) is 58.2 Å². The lowest BCUT2D eigenvalue weighted by atomic mass is 9.76. The molecular weight excluding hydrogens is 208 g/mol. The van der Waals surface area contributed by atoms with Crippen molar-refractivity contribution in [3.05, 3.63) is 0 Å². The predicted molar refractivity (Wildman–Crippen MR) is 76.4 cm³/mol. The van der Waals surface area contributed by atoms with E-state index in [1.54, 1.807) is 0 Å². The van der Waals surface area contributed by atoms with Gasteiger partial charge >= 0.3 is 0 Å². The second kappa shape index (κ2) is 8.10. The first-order valence-corrected chi connectivity index (χ1v) is 7.57. The monoisotopic (exact) mass is 240 g/mol. The third-order valence-corrected chi connectivity index (χ3v) is 4.48. The van der Waals surface area contributed by atoms with Gasteiger partial charge < -0.3 is 10.2 Å². The largest absolute Gasteiger partial charge is 0.317 e. The minimum Gasteiger partial charge on any atom is -0.317 e. The molecule has 0 aromatic rings. The lowest BCUT2D eigenvalue weighted by molar-refractivity contribution is 0.155. The van der Waals surface area contributed by atoms with E-state index in [1.165, 1.54) is 51.6 Å². The van der Waals surface area contributed by atoms with Crippen LogP contribution in [0, 0.1) is 11.8 Å². The van der Waals surface area contributed by atoms with Crippen molar-refractivity contribution < 1.29 is 0 Å². The Labute approximate surface area is 108 Å². The molecule has 0 aliphatic heterocycles. The summed E-state index contributed by atoms with van der Waals surface area (Å²) in [6.07, 6.45) is 8.25. The zero-order chi connectivity index (χ0) is 12.7. The molecule has 0 amide bonds. The summed E-state index contributed by atoms with van der Waals surface area (Å²) in [5.74, 6) is 1.84. The highest BCUT2D eigenvalue weighted by atomic mass is 15.1. The third kappa shape index (κ3) is 4.97. The van der Waals surface area contributed by atoms with Gasteiger partial charge in [-0.1, -0.05) is 26.7 Å². The normalized spacial score (nSPS) is 29.8. The van der Waals surface area contributed by atoms with Crippen LogP contribution in [0.15, 0.2) is 0 Å². The van der Waals surface area contributed by atoms with Crippen LogP contribution in [0.3, 0.4) is 0 Å². The average Bonchev–Trinajstić information content (AvgIpc) is 2.36. The first-order chi connectivity index (χ1) is 8.21. The van der Waals surface area contributed by atoms with Gasteiger partial charge in [0.2, 0.25) is 0 Å². The fourth-order valence-electron chi connectivity index (χ4n) is 3.23. The fourth-order valence-corrected chi connectivity index (χ4v) is 3.23. The Bertz CT molecular complexity index is 193. The molecule has 0 saturated heterocycles. The molecular formula is C15H32N2. The van der Waals surface area contributed by atoms with Crippen LogP contribution in [-0.2, 0) is 0 Å². The minimum absolute atomic E-state index is 0.752. The number of hydrogen-bond donors (Lipinski definition) is 1. The summed E-state index contributed by atoms with van der Waals surface area (Å²) in [7, 11) is 4.42. The molecule has 3 atom stereocenters. The minimum atomic E-state index is 0.752. The molecule has 0 aromatic carbocycles. The lowest BCUT2D eigenvalue weighted by Gasteiger charge is -2.38. The van der Waals surface area contributed by atoms with Crippen molar-refractivity contribution in [1.29, 1.82) is 0 Å².